The maximum atomic E-state index is 17.4. The van der Waals surface area contributed by atoms with Gasteiger partial charge in [0.25, 0.3) is 0 Å². The van der Waals surface area contributed by atoms with Crippen LogP contribution in [0.4, 0.5) is 13.2 Å². The number of carbonyl (C=O) groups is 3. The van der Waals surface area contributed by atoms with Gasteiger partial charge in [-0.3, -0.25) is 9.59 Å². The topological polar surface area (TPSA) is 89.9 Å². The molecule has 10 heteroatoms. The summed E-state index contributed by atoms with van der Waals surface area (Å²) in [4.78, 5) is 39.1. The fraction of sp³-hybridized carbons (Fsp3) is 0.750. The molecule has 0 spiro atoms. The Bertz CT molecular complexity index is 1110. The van der Waals surface area contributed by atoms with Crippen molar-refractivity contribution < 1.29 is 42.1 Å². The van der Waals surface area contributed by atoms with Crippen molar-refractivity contribution in [2.45, 2.75) is 83.0 Å². The van der Waals surface area contributed by atoms with Crippen molar-refractivity contribution in [3.63, 3.8) is 0 Å². The minimum Gasteiger partial charge on any atom is -0.447 e. The second-order valence-corrected chi connectivity index (χ2v) is 13.1. The molecule has 5 aliphatic rings. The van der Waals surface area contributed by atoms with Crippen LogP contribution in [0.15, 0.2) is 23.8 Å². The number of hydrogen-bond donors (Lipinski definition) is 1. The summed E-state index contributed by atoms with van der Waals surface area (Å²) < 4.78 is 58.3. The molecule has 5 unspecified atom stereocenters. The molecule has 4 aliphatic carbocycles. The second-order valence-electron chi connectivity index (χ2n) is 12.3. The quantitative estimate of drug-likeness (QED) is 0.512. The van der Waals surface area contributed by atoms with Gasteiger partial charge >= 0.3 is 5.97 Å². The number of aliphatic hydroxyl groups excluding tert-OH is 1. The molecule has 210 valence electrons. The number of halogens is 3. The average molecular weight is 557 g/mol. The van der Waals surface area contributed by atoms with E-state index in [9.17, 15) is 23.9 Å². The van der Waals surface area contributed by atoms with E-state index >= 15 is 8.78 Å². The highest BCUT2D eigenvalue weighted by molar-refractivity contribution is 8.13. The molecule has 1 aliphatic heterocycles. The van der Waals surface area contributed by atoms with E-state index in [1.807, 2.05) is 6.92 Å². The van der Waals surface area contributed by atoms with Crippen molar-refractivity contribution in [3.05, 3.63) is 23.8 Å². The molecule has 0 bridgehead atoms. The summed E-state index contributed by atoms with van der Waals surface area (Å²) in [5.41, 5.74) is -7.05. The summed E-state index contributed by atoms with van der Waals surface area (Å²) in [6, 6.07) is -1.04. The molecule has 0 radical (unpaired) electrons. The van der Waals surface area contributed by atoms with Gasteiger partial charge in [0.1, 0.15) is 12.2 Å². The van der Waals surface area contributed by atoms with Crippen LogP contribution in [0.25, 0.3) is 0 Å². The van der Waals surface area contributed by atoms with E-state index in [-0.39, 0.29) is 30.8 Å². The largest absolute Gasteiger partial charge is 0.447 e. The summed E-state index contributed by atoms with van der Waals surface area (Å²) in [7, 11) is 0. The van der Waals surface area contributed by atoms with Crippen molar-refractivity contribution in [2.75, 3.05) is 12.6 Å². The van der Waals surface area contributed by atoms with Crippen LogP contribution in [-0.2, 0) is 23.9 Å². The van der Waals surface area contributed by atoms with Crippen LogP contribution in [-0.4, -0.2) is 64.2 Å². The number of ketones is 1. The van der Waals surface area contributed by atoms with E-state index in [0.717, 1.165) is 6.08 Å². The first-order valence-electron chi connectivity index (χ1n) is 13.3. The zero-order valence-electron chi connectivity index (χ0n) is 22.0. The monoisotopic (exact) mass is 556 g/mol. The number of hydrogen-bond acceptors (Lipinski definition) is 7. The molecular formula is C28H35F3O6S. The van der Waals surface area contributed by atoms with Crippen molar-refractivity contribution in [1.82, 2.24) is 0 Å². The molecule has 4 fully saturated rings. The number of ether oxygens (including phenoxy) is 2. The molecule has 1 saturated heterocycles. The number of alkyl halides is 3. The lowest BCUT2D eigenvalue weighted by Gasteiger charge is -2.63. The predicted octanol–water partition coefficient (Wildman–Crippen LogP) is 4.45. The first-order chi connectivity index (χ1) is 17.8. The maximum Gasteiger partial charge on any atom is 0.336 e. The molecule has 11 atom stereocenters. The average Bonchev–Trinajstić information content (AvgIpc) is 3.37. The lowest BCUT2D eigenvalue weighted by Crippen LogP contribution is -2.71. The van der Waals surface area contributed by atoms with Crippen LogP contribution < -0.4 is 0 Å². The Morgan fingerprint density at radius 1 is 1.24 bits per heavy atom. The van der Waals surface area contributed by atoms with E-state index in [0.29, 0.717) is 24.8 Å². The van der Waals surface area contributed by atoms with Crippen molar-refractivity contribution in [2.24, 2.45) is 34.5 Å². The molecule has 3 saturated carbocycles. The number of carbonyl (C=O) groups excluding carboxylic acids is 3. The molecule has 0 amide bonds. The van der Waals surface area contributed by atoms with E-state index in [1.165, 1.54) is 19.1 Å². The van der Waals surface area contributed by atoms with Gasteiger partial charge in [-0.2, -0.15) is 0 Å². The number of allylic oxidation sites excluding steroid dienone is 4. The van der Waals surface area contributed by atoms with Gasteiger partial charge in [-0.15, -0.1) is 0 Å². The fourth-order valence-corrected chi connectivity index (χ4v) is 9.38. The van der Waals surface area contributed by atoms with Gasteiger partial charge < -0.3 is 14.6 Å². The van der Waals surface area contributed by atoms with Gasteiger partial charge in [-0.05, 0) is 73.9 Å². The van der Waals surface area contributed by atoms with Crippen LogP contribution >= 0.6 is 11.8 Å². The lowest BCUT2D eigenvalue weighted by atomic mass is 9.44. The fourth-order valence-electron chi connectivity index (χ4n) is 8.59. The van der Waals surface area contributed by atoms with Crippen LogP contribution in [0.5, 0.6) is 0 Å². The third-order valence-corrected chi connectivity index (χ3v) is 11.2. The Labute approximate surface area is 224 Å². The number of rotatable bonds is 4. The minimum atomic E-state index is -2.33. The smallest absolute Gasteiger partial charge is 0.336 e. The van der Waals surface area contributed by atoms with E-state index < -0.39 is 81.1 Å². The van der Waals surface area contributed by atoms with Gasteiger partial charge in [0, 0.05) is 29.3 Å². The van der Waals surface area contributed by atoms with Crippen molar-refractivity contribution >= 4 is 28.6 Å². The molecule has 1 heterocycles. The van der Waals surface area contributed by atoms with E-state index in [1.54, 1.807) is 13.8 Å². The van der Waals surface area contributed by atoms with Crippen molar-refractivity contribution in [1.29, 1.82) is 0 Å². The number of aliphatic hydroxyl groups is 1. The number of thioether (sulfide) groups is 1. The van der Waals surface area contributed by atoms with Crippen molar-refractivity contribution in [3.8, 4) is 0 Å². The Morgan fingerprint density at radius 2 is 1.95 bits per heavy atom. The highest BCUT2D eigenvalue weighted by Crippen LogP contribution is 2.72. The molecule has 5 rings (SSSR count). The Kier molecular flexibility index (Phi) is 6.75. The summed E-state index contributed by atoms with van der Waals surface area (Å²) in [5, 5.41) is 10.9. The van der Waals surface area contributed by atoms with E-state index in [4.69, 9.17) is 9.47 Å². The molecule has 6 nitrogen and oxygen atoms in total. The molecule has 38 heavy (non-hydrogen) atoms. The predicted molar refractivity (Wildman–Crippen MR) is 134 cm³/mol. The summed E-state index contributed by atoms with van der Waals surface area (Å²) in [5.74, 6) is -3.66. The third kappa shape index (κ3) is 3.44. The lowest BCUT2D eigenvalue weighted by molar-refractivity contribution is -0.231. The zero-order valence-corrected chi connectivity index (χ0v) is 22.9. The summed E-state index contributed by atoms with van der Waals surface area (Å²) in [6.07, 6.45) is -0.201. The van der Waals surface area contributed by atoms with E-state index in [2.05, 4.69) is 0 Å². The first-order valence-corrected chi connectivity index (χ1v) is 14.3. The zero-order chi connectivity index (χ0) is 27.8. The SMILES string of the molecule is CC1C[C@H]2[C@@H]3CC(F)C4=CC(=O)C=C[C@]4(C)C3(F)C(O)C[C@]2(C)C1(OC(=O)[C@H]1OCC[C@H]1C)C(=O)SCF. The van der Waals surface area contributed by atoms with Crippen LogP contribution in [0.3, 0.4) is 0 Å². The first kappa shape index (κ1) is 27.9. The second kappa shape index (κ2) is 9.20. The van der Waals surface area contributed by atoms with Crippen LogP contribution in [0, 0.1) is 34.5 Å². The van der Waals surface area contributed by atoms with Gasteiger partial charge in [-0.25, -0.2) is 18.0 Å². The molecule has 0 aromatic rings. The summed E-state index contributed by atoms with van der Waals surface area (Å²) >= 11 is 0.388. The van der Waals surface area contributed by atoms with Gasteiger partial charge in [-0.1, -0.05) is 26.8 Å². The normalized spacial score (nSPS) is 49.6. The van der Waals surface area contributed by atoms with Crippen LogP contribution in [0.2, 0.25) is 0 Å². The molecule has 0 aromatic carbocycles. The van der Waals surface area contributed by atoms with Gasteiger partial charge in [0.15, 0.2) is 23.2 Å². The molecule has 1 N–H and O–H groups in total. The van der Waals surface area contributed by atoms with Crippen LogP contribution in [0.1, 0.15) is 53.4 Å². The third-order valence-electron chi connectivity index (χ3n) is 10.5. The Hall–Kier alpha value is -1.65. The maximum absolute atomic E-state index is 17.4. The standard InChI is InChI=1S/C28H35F3O6S/c1-14-6-8-36-22(14)23(34)37-28(24(35)38-13-29)15(2)9-17-18-11-20(30)19-10-16(32)5-7-25(19,3)27(18,31)21(33)12-26(17,28)4/h5,7,10,14-15,17-18,20-22,33H,6,8-9,11-13H2,1-4H3/t14-,15?,17+,18+,20?,21?,22+,25+,26+,27?,28?/m1/s1. The number of fused-ring (bicyclic) bond motifs is 5. The highest BCUT2D eigenvalue weighted by Gasteiger charge is 2.78. The Morgan fingerprint density at radius 3 is 2.58 bits per heavy atom. The Balaban J connectivity index is 1.61. The molecular weight excluding hydrogens is 521 g/mol. The van der Waals surface area contributed by atoms with Gasteiger partial charge in [0.2, 0.25) is 5.12 Å². The molecule has 0 aromatic heterocycles. The highest BCUT2D eigenvalue weighted by atomic mass is 32.2. The van der Waals surface area contributed by atoms with Gasteiger partial charge in [0.05, 0.1) is 6.10 Å². The summed E-state index contributed by atoms with van der Waals surface area (Å²) in [6.45, 7) is 7.09. The number of esters is 1. The minimum absolute atomic E-state index is 0.00608.